The molecule has 0 radical (unpaired) electrons. The summed E-state index contributed by atoms with van der Waals surface area (Å²) >= 11 is 0. The van der Waals surface area contributed by atoms with Gasteiger partial charge in [0, 0.05) is 23.2 Å². The molecule has 0 aliphatic carbocycles. The zero-order valence-electron chi connectivity index (χ0n) is 17.0. The van der Waals surface area contributed by atoms with Crippen molar-refractivity contribution < 1.29 is 18.8 Å². The Balaban J connectivity index is 2.01. The highest BCUT2D eigenvalue weighted by Crippen LogP contribution is 2.37. The van der Waals surface area contributed by atoms with Crippen LogP contribution in [0.3, 0.4) is 0 Å². The second-order valence-corrected chi connectivity index (χ2v) is 5.96. The van der Waals surface area contributed by atoms with Gasteiger partial charge in [-0.15, -0.1) is 4.91 Å². The number of carbonyl (C=O) groups is 1. The van der Waals surface area contributed by atoms with Crippen LogP contribution in [0.2, 0.25) is 0 Å². The monoisotopic (exact) mass is 355 g/mol. The average molecular weight is 355 g/mol. The molecule has 6 heteroatoms. The van der Waals surface area contributed by atoms with Gasteiger partial charge >= 0.3 is 5.97 Å². The lowest BCUT2D eigenvalue weighted by molar-refractivity contribution is -0.136. The fraction of sp³-hybridized carbons (Fsp3) is 0.250. The molecule has 3 rings (SSSR count). The third-order valence-electron chi connectivity index (χ3n) is 4.17. The Morgan fingerprint density at radius 1 is 1.35 bits per heavy atom. The van der Waals surface area contributed by atoms with Crippen LogP contribution in [-0.4, -0.2) is 29.6 Å². The molecule has 0 bridgehead atoms. The van der Waals surface area contributed by atoms with E-state index < -0.39 is 12.9 Å². The maximum atomic E-state index is 11.1. The van der Waals surface area contributed by atoms with Crippen molar-refractivity contribution in [2.24, 2.45) is 5.29 Å². The Kier molecular flexibility index (Phi) is 4.23. The van der Waals surface area contributed by atoms with Crippen molar-refractivity contribution in [2.45, 2.75) is 19.4 Å². The van der Waals surface area contributed by atoms with Crippen LogP contribution in [0.1, 0.15) is 32.8 Å². The minimum atomic E-state index is -2.60. The van der Waals surface area contributed by atoms with E-state index in [-0.39, 0.29) is 19.4 Å². The average Bonchev–Trinajstić information content (AvgIpc) is 2.81. The first-order valence-electron chi connectivity index (χ1n) is 9.67. The van der Waals surface area contributed by atoms with Gasteiger partial charge in [0.2, 0.25) is 0 Å². The number of carboxylic acids is 1. The zero-order valence-corrected chi connectivity index (χ0v) is 14.0. The summed E-state index contributed by atoms with van der Waals surface area (Å²) in [6.45, 7) is -2.32. The molecule has 1 aliphatic heterocycles. The number of fused-ring (bicyclic) bond motifs is 2. The molecule has 0 saturated carbocycles. The number of hydrogen-bond donors (Lipinski definition) is 1. The molecule has 26 heavy (non-hydrogen) atoms. The lowest BCUT2D eigenvalue weighted by Crippen LogP contribution is -2.10. The Morgan fingerprint density at radius 3 is 2.96 bits per heavy atom. The third-order valence-corrected chi connectivity index (χ3v) is 4.17. The molecule has 2 aromatic rings. The van der Waals surface area contributed by atoms with Crippen LogP contribution in [0, 0.1) is 4.91 Å². The molecule has 134 valence electrons. The number of hydrogen-bond acceptors (Lipinski definition) is 4. The fourth-order valence-corrected chi connectivity index (χ4v) is 3.00. The number of aliphatic carboxylic acids is 1. The van der Waals surface area contributed by atoms with Crippen molar-refractivity contribution in [3.63, 3.8) is 0 Å². The number of rotatable bonds is 6. The highest BCUT2D eigenvalue weighted by Gasteiger charge is 2.19. The molecule has 0 fully saturated rings. The highest BCUT2D eigenvalue weighted by molar-refractivity contribution is 5.85. The van der Waals surface area contributed by atoms with E-state index in [9.17, 15) is 9.70 Å². The standard InChI is InChI=1S/C20H20N2O4/c1-22(21-25)10-4-7-17-16-6-3-2-5-15(16)13-26-19-9-8-14(11-18(17)19)12-20(23)24/h2-3,5-9,11H,4,10,12-13H2,1H3,(H,23,24)/b17-7-/i1D3. The summed E-state index contributed by atoms with van der Waals surface area (Å²) in [4.78, 5) is 22.0. The predicted molar refractivity (Wildman–Crippen MR) is 98.7 cm³/mol. The molecule has 0 atom stereocenters. The topological polar surface area (TPSA) is 79.2 Å². The van der Waals surface area contributed by atoms with Gasteiger partial charge in [-0.05, 0) is 40.8 Å². The van der Waals surface area contributed by atoms with Gasteiger partial charge in [0.15, 0.2) is 0 Å². The van der Waals surface area contributed by atoms with Crippen LogP contribution in [0.25, 0.3) is 5.57 Å². The van der Waals surface area contributed by atoms with Crippen LogP contribution >= 0.6 is 0 Å². The van der Waals surface area contributed by atoms with Crippen molar-refractivity contribution in [3.8, 4) is 5.75 Å². The van der Waals surface area contributed by atoms with Crippen LogP contribution in [0.4, 0.5) is 0 Å². The summed E-state index contributed by atoms with van der Waals surface area (Å²) < 4.78 is 27.9. The van der Waals surface area contributed by atoms with Crippen molar-refractivity contribution in [1.29, 1.82) is 0 Å². The summed E-state index contributed by atoms with van der Waals surface area (Å²) in [5.74, 6) is -0.321. The molecular formula is C20H20N2O4. The maximum absolute atomic E-state index is 11.1. The predicted octanol–water partition coefficient (Wildman–Crippen LogP) is 3.64. The molecule has 2 aromatic carbocycles. The van der Waals surface area contributed by atoms with Gasteiger partial charge in [-0.2, -0.15) is 0 Å². The Morgan fingerprint density at radius 2 is 2.19 bits per heavy atom. The summed E-state index contributed by atoms with van der Waals surface area (Å²) in [6, 6.07) is 12.9. The number of nitroso groups, excluding NO2 is 1. The smallest absolute Gasteiger partial charge is 0.307 e. The van der Waals surface area contributed by atoms with E-state index in [0.717, 1.165) is 22.3 Å². The number of ether oxygens (including phenoxy) is 1. The molecular weight excluding hydrogens is 332 g/mol. The SMILES string of the molecule is [2H]C([2H])([2H])N(CC/C=C1/c2ccccc2COc2ccc(CC(=O)O)cc21)N=O. The molecule has 1 N–H and O–H groups in total. The maximum Gasteiger partial charge on any atom is 0.307 e. The summed E-state index contributed by atoms with van der Waals surface area (Å²) in [7, 11) is 0. The van der Waals surface area contributed by atoms with Gasteiger partial charge in [-0.1, -0.05) is 36.4 Å². The van der Waals surface area contributed by atoms with Crippen molar-refractivity contribution in [2.75, 3.05) is 13.5 Å². The zero-order chi connectivity index (χ0) is 21.0. The van der Waals surface area contributed by atoms with Crippen LogP contribution in [0.15, 0.2) is 53.8 Å². The molecule has 0 unspecified atom stereocenters. The largest absolute Gasteiger partial charge is 0.488 e. The first kappa shape index (κ1) is 14.1. The number of carboxylic acid groups (broad SMARTS) is 1. The molecule has 6 nitrogen and oxygen atoms in total. The molecule has 0 aromatic heterocycles. The van der Waals surface area contributed by atoms with E-state index >= 15 is 0 Å². The second-order valence-electron chi connectivity index (χ2n) is 5.96. The van der Waals surface area contributed by atoms with Gasteiger partial charge in [-0.3, -0.25) is 9.80 Å². The van der Waals surface area contributed by atoms with E-state index in [1.54, 1.807) is 18.2 Å². The van der Waals surface area contributed by atoms with Crippen molar-refractivity contribution >= 4 is 11.5 Å². The lowest BCUT2D eigenvalue weighted by atomic mass is 9.92. The van der Waals surface area contributed by atoms with E-state index in [2.05, 4.69) is 5.29 Å². The minimum Gasteiger partial charge on any atom is -0.488 e. The molecule has 1 aliphatic rings. The van der Waals surface area contributed by atoms with Crippen LogP contribution in [-0.2, 0) is 17.8 Å². The van der Waals surface area contributed by atoms with E-state index in [0.29, 0.717) is 22.9 Å². The van der Waals surface area contributed by atoms with E-state index in [4.69, 9.17) is 14.0 Å². The highest BCUT2D eigenvalue weighted by atomic mass is 16.5. The first-order chi connectivity index (χ1) is 13.8. The van der Waals surface area contributed by atoms with E-state index in [1.165, 1.54) is 0 Å². The lowest BCUT2D eigenvalue weighted by Gasteiger charge is -2.13. The molecule has 0 saturated heterocycles. The Bertz CT molecular complexity index is 957. The molecule has 0 amide bonds. The van der Waals surface area contributed by atoms with Crippen LogP contribution < -0.4 is 4.74 Å². The minimum absolute atomic E-state index is 0.0727. The first-order valence-corrected chi connectivity index (χ1v) is 8.17. The molecule has 0 spiro atoms. The quantitative estimate of drug-likeness (QED) is 0.632. The second kappa shape index (κ2) is 7.82. The fourth-order valence-electron chi connectivity index (χ4n) is 3.00. The van der Waals surface area contributed by atoms with Crippen LogP contribution in [0.5, 0.6) is 5.75 Å². The van der Waals surface area contributed by atoms with Gasteiger partial charge in [0.25, 0.3) is 0 Å². The summed E-state index contributed by atoms with van der Waals surface area (Å²) in [5.41, 5.74) is 4.03. The van der Waals surface area contributed by atoms with Crippen molar-refractivity contribution in [3.05, 3.63) is 75.7 Å². The van der Waals surface area contributed by atoms with E-state index in [1.807, 2.05) is 30.3 Å². The summed E-state index contributed by atoms with van der Waals surface area (Å²) in [6.07, 6.45) is 1.97. The summed E-state index contributed by atoms with van der Waals surface area (Å²) in [5, 5.41) is 12.2. The Hall–Kier alpha value is -3.15. The Labute approximate surface area is 155 Å². The number of nitrogens with zero attached hydrogens (tertiary/aromatic N) is 2. The molecule has 1 heterocycles. The number of benzene rings is 2. The van der Waals surface area contributed by atoms with Gasteiger partial charge < -0.3 is 9.84 Å². The van der Waals surface area contributed by atoms with Gasteiger partial charge in [0.1, 0.15) is 12.4 Å². The normalized spacial score (nSPS) is 16.2. The third kappa shape index (κ3) is 3.91. The van der Waals surface area contributed by atoms with Crippen molar-refractivity contribution in [1.82, 2.24) is 5.01 Å². The van der Waals surface area contributed by atoms with Gasteiger partial charge in [0.05, 0.1) is 11.7 Å². The van der Waals surface area contributed by atoms with Gasteiger partial charge in [-0.25, -0.2) is 0 Å².